The maximum atomic E-state index is 11.4. The van der Waals surface area contributed by atoms with Crippen molar-refractivity contribution in [3.8, 4) is 22.8 Å². The van der Waals surface area contributed by atoms with Gasteiger partial charge in [-0.3, -0.25) is 4.72 Å². The Balaban J connectivity index is 2.29. The van der Waals surface area contributed by atoms with E-state index in [-0.39, 0.29) is 5.13 Å². The van der Waals surface area contributed by atoms with E-state index in [1.807, 2.05) is 6.07 Å². The second-order valence-corrected chi connectivity index (χ2v) is 7.10. The van der Waals surface area contributed by atoms with E-state index in [0.717, 1.165) is 5.56 Å². The normalized spacial score (nSPS) is 11.2. The lowest BCUT2D eigenvalue weighted by Gasteiger charge is -2.08. The van der Waals surface area contributed by atoms with Crippen LogP contribution in [-0.2, 0) is 10.0 Å². The molecule has 0 bridgehead atoms. The Kier molecular flexibility index (Phi) is 4.92. The number of nitrogens with one attached hydrogen (secondary N) is 1. The summed E-state index contributed by atoms with van der Waals surface area (Å²) in [6, 6.07) is 5.35. The molecule has 0 aliphatic heterocycles. The summed E-state index contributed by atoms with van der Waals surface area (Å²) in [4.78, 5) is 4.22. The lowest BCUT2D eigenvalue weighted by molar-refractivity contribution is 0.355. The number of hydrogen-bond donors (Lipinski definition) is 1. The number of methoxy groups -OCH3 is 2. The number of aromatic nitrogens is 1. The predicted octanol–water partition coefficient (Wildman–Crippen LogP) is 2.77. The summed E-state index contributed by atoms with van der Waals surface area (Å²) in [6.07, 6.45) is 0. The molecule has 1 N–H and O–H groups in total. The van der Waals surface area contributed by atoms with Crippen LogP contribution in [-0.4, -0.2) is 32.8 Å². The Bertz CT molecular complexity index is 731. The second kappa shape index (κ2) is 6.50. The minimum absolute atomic E-state index is 0.264. The molecule has 0 aliphatic carbocycles. The molecule has 114 valence electrons. The second-order valence-electron chi connectivity index (χ2n) is 3.93. The van der Waals surface area contributed by atoms with Gasteiger partial charge in [-0.2, -0.15) is 0 Å². The fraction of sp³-hybridized carbons (Fsp3) is 0.250. The first-order chi connectivity index (χ1) is 9.99. The van der Waals surface area contributed by atoms with Gasteiger partial charge in [-0.15, -0.1) is 22.9 Å². The molecule has 6 nitrogen and oxygen atoms in total. The van der Waals surface area contributed by atoms with Crippen molar-refractivity contribution in [2.45, 2.75) is 0 Å². The van der Waals surface area contributed by atoms with Crippen LogP contribution in [0.3, 0.4) is 0 Å². The Morgan fingerprint density at radius 1 is 1.29 bits per heavy atom. The molecule has 21 heavy (non-hydrogen) atoms. The van der Waals surface area contributed by atoms with E-state index in [2.05, 4.69) is 9.71 Å². The molecule has 0 atom stereocenters. The minimum atomic E-state index is -3.55. The molecule has 1 aromatic carbocycles. The molecule has 0 radical (unpaired) electrons. The molecule has 0 saturated carbocycles. The molecule has 1 aromatic heterocycles. The number of alkyl halides is 1. The summed E-state index contributed by atoms with van der Waals surface area (Å²) in [6.45, 7) is 0. The molecule has 0 spiro atoms. The summed E-state index contributed by atoms with van der Waals surface area (Å²) in [7, 11) is -0.447. The first-order valence-electron chi connectivity index (χ1n) is 5.73. The van der Waals surface area contributed by atoms with Crippen molar-refractivity contribution >= 4 is 38.1 Å². The van der Waals surface area contributed by atoms with E-state index in [9.17, 15) is 8.42 Å². The summed E-state index contributed by atoms with van der Waals surface area (Å²) in [5, 5.41) is 1.49. The van der Waals surface area contributed by atoms with Crippen LogP contribution in [0.5, 0.6) is 11.5 Å². The maximum Gasteiger partial charge on any atom is 0.248 e. The van der Waals surface area contributed by atoms with Crippen molar-refractivity contribution in [3.63, 3.8) is 0 Å². The average molecular weight is 349 g/mol. The summed E-state index contributed by atoms with van der Waals surface area (Å²) < 4.78 is 35.5. The van der Waals surface area contributed by atoms with Gasteiger partial charge < -0.3 is 9.47 Å². The van der Waals surface area contributed by atoms with Gasteiger partial charge >= 0.3 is 0 Å². The molecule has 2 aromatic rings. The Morgan fingerprint density at radius 2 is 2.00 bits per heavy atom. The van der Waals surface area contributed by atoms with Crippen LogP contribution in [0.2, 0.25) is 0 Å². The van der Waals surface area contributed by atoms with Gasteiger partial charge in [0.25, 0.3) is 0 Å². The van der Waals surface area contributed by atoms with Gasteiger partial charge in [0, 0.05) is 10.9 Å². The predicted molar refractivity (Wildman–Crippen MR) is 83.9 cm³/mol. The lowest BCUT2D eigenvalue weighted by Crippen LogP contribution is -2.13. The van der Waals surface area contributed by atoms with Crippen molar-refractivity contribution in [1.82, 2.24) is 4.98 Å². The van der Waals surface area contributed by atoms with Crippen LogP contribution < -0.4 is 14.2 Å². The first-order valence-corrected chi connectivity index (χ1v) is 8.80. The van der Waals surface area contributed by atoms with Crippen LogP contribution in [0.4, 0.5) is 5.13 Å². The monoisotopic (exact) mass is 348 g/mol. The zero-order valence-corrected chi connectivity index (χ0v) is 13.7. The lowest BCUT2D eigenvalue weighted by atomic mass is 10.1. The van der Waals surface area contributed by atoms with Crippen molar-refractivity contribution < 1.29 is 17.9 Å². The number of ether oxygens (including phenoxy) is 2. The van der Waals surface area contributed by atoms with Gasteiger partial charge in [-0.25, -0.2) is 13.4 Å². The smallest absolute Gasteiger partial charge is 0.248 e. The van der Waals surface area contributed by atoms with Crippen LogP contribution in [0.15, 0.2) is 23.6 Å². The standard InChI is InChI=1S/C12H13ClN2O4S2/c1-18-10-4-3-8(5-11(10)19-2)9-6-20-12(14-9)15-21(16,17)7-13/h3-6H,7H2,1-2H3,(H,14,15). The van der Waals surface area contributed by atoms with Crippen molar-refractivity contribution in [3.05, 3.63) is 23.6 Å². The summed E-state index contributed by atoms with van der Waals surface area (Å²) >= 11 is 6.51. The molecule has 1 heterocycles. The molecular formula is C12H13ClN2O4S2. The van der Waals surface area contributed by atoms with E-state index in [4.69, 9.17) is 21.1 Å². The quantitative estimate of drug-likeness (QED) is 0.812. The highest BCUT2D eigenvalue weighted by Crippen LogP contribution is 2.33. The van der Waals surface area contributed by atoms with Gasteiger partial charge in [0.15, 0.2) is 16.6 Å². The Morgan fingerprint density at radius 3 is 2.62 bits per heavy atom. The third-order valence-electron chi connectivity index (χ3n) is 2.57. The number of nitrogens with zero attached hydrogens (tertiary/aromatic N) is 1. The SMILES string of the molecule is COc1ccc(-c2csc(NS(=O)(=O)CCl)n2)cc1OC. The van der Waals surface area contributed by atoms with Gasteiger partial charge in [0.2, 0.25) is 10.0 Å². The first kappa shape index (κ1) is 15.9. The fourth-order valence-electron chi connectivity index (χ4n) is 1.61. The molecular weight excluding hydrogens is 336 g/mol. The van der Waals surface area contributed by atoms with E-state index in [1.54, 1.807) is 31.7 Å². The molecule has 0 aliphatic rings. The molecule has 9 heteroatoms. The number of halogens is 1. The topological polar surface area (TPSA) is 77.5 Å². The van der Waals surface area contributed by atoms with Gasteiger partial charge in [0.05, 0.1) is 19.9 Å². The highest BCUT2D eigenvalue weighted by molar-refractivity contribution is 7.94. The highest BCUT2D eigenvalue weighted by atomic mass is 35.5. The van der Waals surface area contributed by atoms with Crippen LogP contribution in [0.1, 0.15) is 0 Å². The summed E-state index contributed by atoms with van der Waals surface area (Å²) in [5.41, 5.74) is 1.42. The Labute approximate surface area is 131 Å². The zero-order chi connectivity index (χ0) is 15.5. The van der Waals surface area contributed by atoms with Gasteiger partial charge in [-0.1, -0.05) is 0 Å². The highest BCUT2D eigenvalue weighted by Gasteiger charge is 2.13. The van der Waals surface area contributed by atoms with E-state index in [0.29, 0.717) is 17.2 Å². The number of thiazole rings is 1. The molecule has 0 fully saturated rings. The van der Waals surface area contributed by atoms with Crippen molar-refractivity contribution in [2.24, 2.45) is 0 Å². The maximum absolute atomic E-state index is 11.4. The van der Waals surface area contributed by atoms with E-state index < -0.39 is 15.2 Å². The van der Waals surface area contributed by atoms with Crippen LogP contribution >= 0.6 is 22.9 Å². The van der Waals surface area contributed by atoms with Crippen LogP contribution in [0, 0.1) is 0 Å². The summed E-state index contributed by atoms with van der Waals surface area (Å²) in [5.74, 6) is 1.19. The number of hydrogen-bond acceptors (Lipinski definition) is 6. The average Bonchev–Trinajstić information content (AvgIpc) is 2.94. The molecule has 0 saturated heterocycles. The zero-order valence-electron chi connectivity index (χ0n) is 11.3. The van der Waals surface area contributed by atoms with Crippen molar-refractivity contribution in [1.29, 1.82) is 0 Å². The third kappa shape index (κ3) is 3.78. The number of anilines is 1. The third-order valence-corrected chi connectivity index (χ3v) is 5.11. The molecule has 0 unspecified atom stereocenters. The molecule has 2 rings (SSSR count). The number of rotatable bonds is 6. The number of sulfonamides is 1. The van der Waals surface area contributed by atoms with Gasteiger partial charge in [0.1, 0.15) is 5.21 Å². The van der Waals surface area contributed by atoms with Crippen LogP contribution in [0.25, 0.3) is 11.3 Å². The van der Waals surface area contributed by atoms with Crippen molar-refractivity contribution in [2.75, 3.05) is 24.2 Å². The fourth-order valence-corrected chi connectivity index (χ4v) is 3.28. The Hall–Kier alpha value is -1.51. The van der Waals surface area contributed by atoms with E-state index >= 15 is 0 Å². The number of benzene rings is 1. The largest absolute Gasteiger partial charge is 0.493 e. The van der Waals surface area contributed by atoms with E-state index in [1.165, 1.54) is 11.3 Å². The molecule has 0 amide bonds. The van der Waals surface area contributed by atoms with Gasteiger partial charge in [-0.05, 0) is 18.2 Å². The minimum Gasteiger partial charge on any atom is -0.493 e.